The van der Waals surface area contributed by atoms with Crippen molar-refractivity contribution < 1.29 is 14.3 Å². The predicted molar refractivity (Wildman–Crippen MR) is 141 cm³/mol. The van der Waals surface area contributed by atoms with E-state index in [1.165, 1.54) is 4.88 Å². The summed E-state index contributed by atoms with van der Waals surface area (Å²) in [6.45, 7) is 5.80. The Hall–Kier alpha value is -2.83. The van der Waals surface area contributed by atoms with Gasteiger partial charge < -0.3 is 14.5 Å². The van der Waals surface area contributed by atoms with Crippen molar-refractivity contribution in [3.63, 3.8) is 0 Å². The zero-order chi connectivity index (χ0) is 24.8. The molecule has 0 saturated heterocycles. The van der Waals surface area contributed by atoms with Crippen molar-refractivity contribution in [3.05, 3.63) is 87.1 Å². The normalized spacial score (nSPS) is 15.1. The van der Waals surface area contributed by atoms with Gasteiger partial charge >= 0.3 is 0 Å². The van der Waals surface area contributed by atoms with Crippen LogP contribution in [0.5, 0.6) is 5.75 Å². The highest BCUT2D eigenvalue weighted by atomic mass is 35.5. The van der Waals surface area contributed by atoms with E-state index < -0.39 is 0 Å². The Kier molecular flexibility index (Phi) is 8.47. The summed E-state index contributed by atoms with van der Waals surface area (Å²) in [4.78, 5) is 31.8. The molecule has 1 aromatic heterocycles. The van der Waals surface area contributed by atoms with Crippen molar-refractivity contribution in [3.8, 4) is 5.75 Å². The fourth-order valence-electron chi connectivity index (χ4n) is 4.26. The quantitative estimate of drug-likeness (QED) is 0.350. The Morgan fingerprint density at radius 3 is 2.57 bits per heavy atom. The molecule has 2 aromatic carbocycles. The second-order valence-electron chi connectivity index (χ2n) is 9.19. The maximum Gasteiger partial charge on any atom is 0.254 e. The first kappa shape index (κ1) is 25.3. The highest BCUT2D eigenvalue weighted by molar-refractivity contribution is 7.10. The molecule has 0 unspecified atom stereocenters. The highest BCUT2D eigenvalue weighted by Gasteiger charge is 2.33. The lowest BCUT2D eigenvalue weighted by atomic mass is 10.00. The van der Waals surface area contributed by atoms with E-state index in [0.717, 1.165) is 18.4 Å². The summed E-state index contributed by atoms with van der Waals surface area (Å²) in [5.74, 6) is 0.975. The van der Waals surface area contributed by atoms with Gasteiger partial charge in [0.05, 0.1) is 6.04 Å². The van der Waals surface area contributed by atoms with Gasteiger partial charge in [-0.05, 0) is 72.2 Å². The van der Waals surface area contributed by atoms with Crippen LogP contribution in [0.15, 0.2) is 66.0 Å². The van der Waals surface area contributed by atoms with Crippen molar-refractivity contribution in [2.75, 3.05) is 26.2 Å². The second-order valence-corrected chi connectivity index (χ2v) is 10.6. The molecule has 1 aliphatic heterocycles. The lowest BCUT2D eigenvalue weighted by molar-refractivity contribution is -0.135. The summed E-state index contributed by atoms with van der Waals surface area (Å²) in [5.41, 5.74) is 1.73. The van der Waals surface area contributed by atoms with E-state index in [1.54, 1.807) is 40.5 Å². The number of nitrogens with zero attached hydrogens (tertiary/aromatic N) is 2. The van der Waals surface area contributed by atoms with Gasteiger partial charge in [0.2, 0.25) is 5.91 Å². The van der Waals surface area contributed by atoms with E-state index in [0.29, 0.717) is 41.9 Å². The number of halogens is 1. The molecule has 3 aromatic rings. The number of rotatable bonds is 9. The largest absolute Gasteiger partial charge is 0.491 e. The summed E-state index contributed by atoms with van der Waals surface area (Å²) in [6.07, 6.45) is 1.65. The molecule has 0 bridgehead atoms. The Balaban J connectivity index is 1.52. The standard InChI is InChI=1S/C28H31ClN2O3S/c1-20(2)12-15-30(28(33)21-6-4-3-5-7-21)18-27(32)31-16-13-26-24(14-17-35-26)25(31)19-34-23-10-8-22(29)9-11-23/h3-11,14,17,20,25H,12-13,15-16,18-19H2,1-2H3/t25-/m1/s1. The highest BCUT2D eigenvalue weighted by Crippen LogP contribution is 2.34. The molecule has 0 spiro atoms. The summed E-state index contributed by atoms with van der Waals surface area (Å²) in [5, 5.41) is 2.72. The number of carbonyl (C=O) groups excluding carboxylic acids is 2. The maximum atomic E-state index is 13.6. The Bertz CT molecular complexity index is 1130. The van der Waals surface area contributed by atoms with E-state index in [9.17, 15) is 9.59 Å². The van der Waals surface area contributed by atoms with Crippen LogP contribution in [-0.4, -0.2) is 47.9 Å². The van der Waals surface area contributed by atoms with Crippen LogP contribution in [0.3, 0.4) is 0 Å². The smallest absolute Gasteiger partial charge is 0.254 e. The predicted octanol–water partition coefficient (Wildman–Crippen LogP) is 6.09. The minimum atomic E-state index is -0.202. The van der Waals surface area contributed by atoms with Gasteiger partial charge in [0.25, 0.3) is 5.91 Å². The topological polar surface area (TPSA) is 49.9 Å². The SMILES string of the molecule is CC(C)CCN(CC(=O)N1CCc2sccc2[C@H]1COc1ccc(Cl)cc1)C(=O)c1ccccc1. The van der Waals surface area contributed by atoms with Gasteiger partial charge in [0.15, 0.2) is 0 Å². The van der Waals surface area contributed by atoms with Crippen molar-refractivity contribution in [2.24, 2.45) is 5.92 Å². The van der Waals surface area contributed by atoms with Gasteiger partial charge in [0, 0.05) is 28.6 Å². The number of hydrogen-bond acceptors (Lipinski definition) is 4. The molecule has 1 atom stereocenters. The molecule has 1 aliphatic rings. The first-order chi connectivity index (χ1) is 16.9. The van der Waals surface area contributed by atoms with Crippen LogP contribution < -0.4 is 4.74 Å². The van der Waals surface area contributed by atoms with Gasteiger partial charge in [-0.3, -0.25) is 9.59 Å². The summed E-state index contributed by atoms with van der Waals surface area (Å²) >= 11 is 7.72. The number of amides is 2. The van der Waals surface area contributed by atoms with Crippen LogP contribution in [0.2, 0.25) is 5.02 Å². The third-order valence-corrected chi connectivity index (χ3v) is 7.50. The van der Waals surface area contributed by atoms with Crippen LogP contribution >= 0.6 is 22.9 Å². The third kappa shape index (κ3) is 6.44. The van der Waals surface area contributed by atoms with E-state index >= 15 is 0 Å². The molecule has 7 heteroatoms. The monoisotopic (exact) mass is 510 g/mol. The molecule has 5 nitrogen and oxygen atoms in total. The molecule has 0 N–H and O–H groups in total. The van der Waals surface area contributed by atoms with E-state index in [4.69, 9.17) is 16.3 Å². The summed E-state index contributed by atoms with van der Waals surface area (Å²) in [6, 6.07) is 18.3. The molecule has 0 aliphatic carbocycles. The van der Waals surface area contributed by atoms with Crippen LogP contribution in [0.1, 0.15) is 47.1 Å². The molecular formula is C28H31ClN2O3S. The Morgan fingerprint density at radius 1 is 1.11 bits per heavy atom. The van der Waals surface area contributed by atoms with Crippen LogP contribution in [0, 0.1) is 5.92 Å². The van der Waals surface area contributed by atoms with Crippen molar-refractivity contribution in [1.82, 2.24) is 9.80 Å². The molecular weight excluding hydrogens is 480 g/mol. The first-order valence-electron chi connectivity index (χ1n) is 12.0. The molecule has 2 heterocycles. The average Bonchev–Trinajstić information content (AvgIpc) is 3.35. The zero-order valence-electron chi connectivity index (χ0n) is 20.2. The van der Waals surface area contributed by atoms with Gasteiger partial charge in [0.1, 0.15) is 18.9 Å². The fraction of sp³-hybridized carbons (Fsp3) is 0.357. The van der Waals surface area contributed by atoms with Crippen molar-refractivity contribution in [2.45, 2.75) is 32.7 Å². The summed E-state index contributed by atoms with van der Waals surface area (Å²) < 4.78 is 6.08. The third-order valence-electron chi connectivity index (χ3n) is 6.25. The molecule has 0 radical (unpaired) electrons. The van der Waals surface area contributed by atoms with Crippen LogP contribution in [0.4, 0.5) is 0 Å². The first-order valence-corrected chi connectivity index (χ1v) is 13.3. The minimum Gasteiger partial charge on any atom is -0.491 e. The molecule has 0 fully saturated rings. The maximum absolute atomic E-state index is 13.6. The number of fused-ring (bicyclic) bond motifs is 1. The van der Waals surface area contributed by atoms with Crippen LogP contribution in [-0.2, 0) is 11.2 Å². The average molecular weight is 511 g/mol. The second kappa shape index (κ2) is 11.7. The van der Waals surface area contributed by atoms with E-state index in [2.05, 4.69) is 25.3 Å². The van der Waals surface area contributed by atoms with Crippen LogP contribution in [0.25, 0.3) is 0 Å². The Morgan fingerprint density at radius 2 is 1.86 bits per heavy atom. The van der Waals surface area contributed by atoms with E-state index in [-0.39, 0.29) is 24.4 Å². The van der Waals surface area contributed by atoms with E-state index in [1.807, 2.05) is 35.2 Å². The minimum absolute atomic E-state index is 0.0529. The van der Waals surface area contributed by atoms with Gasteiger partial charge in [-0.15, -0.1) is 11.3 Å². The number of thiophene rings is 1. The lowest BCUT2D eigenvalue weighted by Crippen LogP contribution is -2.48. The number of carbonyl (C=O) groups is 2. The molecule has 4 rings (SSSR count). The van der Waals surface area contributed by atoms with Gasteiger partial charge in [-0.2, -0.15) is 0 Å². The molecule has 2 amide bonds. The van der Waals surface area contributed by atoms with Crippen molar-refractivity contribution in [1.29, 1.82) is 0 Å². The molecule has 184 valence electrons. The lowest BCUT2D eigenvalue weighted by Gasteiger charge is -2.37. The molecule has 0 saturated carbocycles. The number of hydrogen-bond donors (Lipinski definition) is 0. The van der Waals surface area contributed by atoms with Crippen molar-refractivity contribution >= 4 is 34.8 Å². The molecule has 35 heavy (non-hydrogen) atoms. The van der Waals surface area contributed by atoms with Gasteiger partial charge in [-0.25, -0.2) is 0 Å². The number of benzene rings is 2. The number of ether oxygens (including phenoxy) is 1. The summed E-state index contributed by atoms with van der Waals surface area (Å²) in [7, 11) is 0. The fourth-order valence-corrected chi connectivity index (χ4v) is 5.32. The zero-order valence-corrected chi connectivity index (χ0v) is 21.7. The Labute approximate surface area is 216 Å². The van der Waals surface area contributed by atoms with Gasteiger partial charge in [-0.1, -0.05) is 43.6 Å².